The van der Waals surface area contributed by atoms with Crippen molar-refractivity contribution in [2.75, 3.05) is 24.8 Å². The van der Waals surface area contributed by atoms with Crippen molar-refractivity contribution in [3.63, 3.8) is 0 Å². The van der Waals surface area contributed by atoms with Gasteiger partial charge in [-0.15, -0.1) is 0 Å². The molecule has 1 heterocycles. The summed E-state index contributed by atoms with van der Waals surface area (Å²) in [6, 6.07) is 8.00. The molecule has 0 aliphatic rings. The summed E-state index contributed by atoms with van der Waals surface area (Å²) in [7, 11) is 1.65. The third-order valence-electron chi connectivity index (χ3n) is 2.82. The number of nitrogens with zero attached hydrogens (tertiary/aromatic N) is 2. The Morgan fingerprint density at radius 1 is 1.10 bits per heavy atom. The lowest BCUT2D eigenvalue weighted by atomic mass is 10.1. The van der Waals surface area contributed by atoms with E-state index in [4.69, 9.17) is 10.5 Å². The van der Waals surface area contributed by atoms with Crippen LogP contribution in [0.2, 0.25) is 0 Å². The summed E-state index contributed by atoms with van der Waals surface area (Å²) < 4.78 is 5.03. The number of aromatic nitrogens is 2. The minimum Gasteiger partial charge on any atom is -0.384 e. The molecule has 0 saturated carbocycles. The molecule has 0 aliphatic carbocycles. The van der Waals surface area contributed by atoms with Gasteiger partial charge in [-0.1, -0.05) is 6.07 Å². The smallest absolute Gasteiger partial charge is 0.136 e. The lowest BCUT2D eigenvalue weighted by Gasteiger charge is -2.10. The number of benzene rings is 1. The van der Waals surface area contributed by atoms with E-state index in [1.807, 2.05) is 0 Å². The van der Waals surface area contributed by atoms with Crippen molar-refractivity contribution in [3.05, 3.63) is 41.2 Å². The van der Waals surface area contributed by atoms with Crippen LogP contribution in [0.25, 0.3) is 0 Å². The number of nitrogens with one attached hydrogen (secondary N) is 1. The van der Waals surface area contributed by atoms with Crippen molar-refractivity contribution in [2.45, 2.75) is 20.3 Å². The van der Waals surface area contributed by atoms with Crippen molar-refractivity contribution in [2.24, 2.45) is 0 Å². The van der Waals surface area contributed by atoms with Crippen LogP contribution < -0.4 is 11.1 Å². The molecule has 20 heavy (non-hydrogen) atoms. The number of aryl methyl sites for hydroxylation is 2. The molecule has 0 unspecified atom stereocenters. The largest absolute Gasteiger partial charge is 0.384 e. The number of hydrogen-bond donors (Lipinski definition) is 2. The second-order valence-electron chi connectivity index (χ2n) is 4.84. The number of methoxy groups -OCH3 is 1. The van der Waals surface area contributed by atoms with E-state index >= 15 is 0 Å². The predicted molar refractivity (Wildman–Crippen MR) is 81.2 cm³/mol. The number of anilines is 3. The van der Waals surface area contributed by atoms with Gasteiger partial charge in [-0.3, -0.25) is 0 Å². The van der Waals surface area contributed by atoms with Crippen LogP contribution >= 0.6 is 0 Å². The zero-order valence-corrected chi connectivity index (χ0v) is 12.1. The molecule has 0 amide bonds. The van der Waals surface area contributed by atoms with Gasteiger partial charge in [0.05, 0.1) is 6.61 Å². The molecule has 5 heteroatoms. The lowest BCUT2D eigenvalue weighted by Crippen LogP contribution is -2.06. The van der Waals surface area contributed by atoms with Gasteiger partial charge in [0.1, 0.15) is 17.5 Å². The first-order valence-corrected chi connectivity index (χ1v) is 6.54. The second kappa shape index (κ2) is 6.34. The van der Waals surface area contributed by atoms with E-state index < -0.39 is 0 Å². The molecule has 0 saturated heterocycles. The van der Waals surface area contributed by atoms with Gasteiger partial charge in [-0.25, -0.2) is 9.97 Å². The average molecular weight is 272 g/mol. The highest BCUT2D eigenvalue weighted by atomic mass is 16.5. The highest BCUT2D eigenvalue weighted by Gasteiger charge is 2.04. The Bertz CT molecular complexity index is 578. The summed E-state index contributed by atoms with van der Waals surface area (Å²) >= 11 is 0. The van der Waals surface area contributed by atoms with E-state index in [0.717, 1.165) is 5.69 Å². The van der Waals surface area contributed by atoms with Crippen LogP contribution in [-0.4, -0.2) is 23.7 Å². The molecule has 1 aromatic carbocycles. The predicted octanol–water partition coefficient (Wildman–Crippen LogP) is 2.61. The van der Waals surface area contributed by atoms with Gasteiger partial charge in [-0.2, -0.15) is 0 Å². The third-order valence-corrected chi connectivity index (χ3v) is 2.82. The molecular weight excluding hydrogens is 252 g/mol. The fraction of sp³-hybridized carbons (Fsp3) is 0.333. The lowest BCUT2D eigenvalue weighted by molar-refractivity contribution is 0.200. The van der Waals surface area contributed by atoms with E-state index in [-0.39, 0.29) is 0 Å². The fourth-order valence-corrected chi connectivity index (χ4v) is 2.08. The van der Waals surface area contributed by atoms with E-state index in [1.54, 1.807) is 13.2 Å². The maximum absolute atomic E-state index is 5.81. The van der Waals surface area contributed by atoms with Crippen LogP contribution in [0.5, 0.6) is 0 Å². The molecular formula is C15H20N4O. The summed E-state index contributed by atoms with van der Waals surface area (Å²) in [4.78, 5) is 8.64. The number of hydrogen-bond acceptors (Lipinski definition) is 5. The second-order valence-corrected chi connectivity index (χ2v) is 4.84. The van der Waals surface area contributed by atoms with Gasteiger partial charge >= 0.3 is 0 Å². The normalized spacial score (nSPS) is 10.6. The maximum atomic E-state index is 5.81. The zero-order chi connectivity index (χ0) is 14.5. The summed E-state index contributed by atoms with van der Waals surface area (Å²) in [6.45, 7) is 4.71. The van der Waals surface area contributed by atoms with Gasteiger partial charge < -0.3 is 15.8 Å². The number of ether oxygens (including phenoxy) is 1. The Labute approximate surface area is 119 Å². The van der Waals surface area contributed by atoms with E-state index in [0.29, 0.717) is 30.5 Å². The molecule has 2 aromatic rings. The monoisotopic (exact) mass is 272 g/mol. The average Bonchev–Trinajstić information content (AvgIpc) is 2.34. The first-order chi connectivity index (χ1) is 9.56. The quantitative estimate of drug-likeness (QED) is 0.875. The van der Waals surface area contributed by atoms with Gasteiger partial charge in [-0.05, 0) is 37.1 Å². The zero-order valence-electron chi connectivity index (χ0n) is 12.1. The molecule has 1 aromatic heterocycles. The highest BCUT2D eigenvalue weighted by Crippen LogP contribution is 2.19. The summed E-state index contributed by atoms with van der Waals surface area (Å²) in [5.41, 5.74) is 9.22. The highest BCUT2D eigenvalue weighted by molar-refractivity contribution is 5.60. The molecule has 0 fully saturated rings. The topological polar surface area (TPSA) is 73.1 Å². The van der Waals surface area contributed by atoms with Crippen molar-refractivity contribution >= 4 is 17.3 Å². The molecule has 0 aliphatic heterocycles. The van der Waals surface area contributed by atoms with Gasteiger partial charge in [0.2, 0.25) is 0 Å². The summed E-state index contributed by atoms with van der Waals surface area (Å²) in [5, 5.41) is 3.27. The molecule has 0 radical (unpaired) electrons. The van der Waals surface area contributed by atoms with Crippen molar-refractivity contribution in [3.8, 4) is 0 Å². The number of rotatable bonds is 5. The van der Waals surface area contributed by atoms with E-state index in [1.165, 1.54) is 11.1 Å². The molecule has 3 N–H and O–H groups in total. The van der Waals surface area contributed by atoms with Gasteiger partial charge in [0, 0.05) is 25.3 Å². The molecule has 106 valence electrons. The molecule has 0 bridgehead atoms. The number of nitrogen functional groups attached to an aromatic ring is 1. The number of nitrogens with two attached hydrogens (primary N) is 1. The molecule has 0 atom stereocenters. The van der Waals surface area contributed by atoms with E-state index in [9.17, 15) is 0 Å². The van der Waals surface area contributed by atoms with Crippen molar-refractivity contribution in [1.82, 2.24) is 9.97 Å². The van der Waals surface area contributed by atoms with Crippen LogP contribution in [0.1, 0.15) is 17.0 Å². The molecule has 0 spiro atoms. The Morgan fingerprint density at radius 3 is 2.45 bits per heavy atom. The maximum Gasteiger partial charge on any atom is 0.136 e. The van der Waals surface area contributed by atoms with Crippen molar-refractivity contribution < 1.29 is 4.74 Å². The minimum atomic E-state index is 0.456. The van der Waals surface area contributed by atoms with Crippen LogP contribution in [-0.2, 0) is 11.2 Å². The Morgan fingerprint density at radius 2 is 1.80 bits per heavy atom. The molecule has 2 rings (SSSR count). The Hall–Kier alpha value is -2.14. The Kier molecular flexibility index (Phi) is 4.53. The summed E-state index contributed by atoms with van der Waals surface area (Å²) in [5.74, 6) is 1.84. The van der Waals surface area contributed by atoms with Gasteiger partial charge in [0.25, 0.3) is 0 Å². The van der Waals surface area contributed by atoms with Crippen LogP contribution in [0, 0.1) is 13.8 Å². The van der Waals surface area contributed by atoms with Crippen LogP contribution in [0.15, 0.2) is 24.3 Å². The minimum absolute atomic E-state index is 0.456. The first-order valence-electron chi connectivity index (χ1n) is 6.54. The van der Waals surface area contributed by atoms with Crippen LogP contribution in [0.4, 0.5) is 17.3 Å². The summed E-state index contributed by atoms with van der Waals surface area (Å²) in [6.07, 6.45) is 0.642. The first kappa shape index (κ1) is 14.3. The molecule has 5 nitrogen and oxygen atoms in total. The van der Waals surface area contributed by atoms with E-state index in [2.05, 4.69) is 47.3 Å². The Balaban J connectivity index is 2.21. The van der Waals surface area contributed by atoms with Crippen molar-refractivity contribution in [1.29, 1.82) is 0 Å². The van der Waals surface area contributed by atoms with Crippen LogP contribution in [0.3, 0.4) is 0 Å². The standard InChI is InChI=1S/C15H20N4O/c1-10-6-11(2)8-12(7-10)17-15-9-13(16)18-14(19-15)4-5-20-3/h6-9H,4-5H2,1-3H3,(H3,16,17,18,19). The van der Waals surface area contributed by atoms with Gasteiger partial charge in [0.15, 0.2) is 0 Å². The fourth-order valence-electron chi connectivity index (χ4n) is 2.08. The third kappa shape index (κ3) is 3.93. The SMILES string of the molecule is COCCc1nc(N)cc(Nc2cc(C)cc(C)c2)n1.